The fourth-order valence-corrected chi connectivity index (χ4v) is 3.60. The van der Waals surface area contributed by atoms with Gasteiger partial charge in [0.2, 0.25) is 0 Å². The first-order valence-corrected chi connectivity index (χ1v) is 7.58. The summed E-state index contributed by atoms with van der Waals surface area (Å²) in [6.45, 7) is 5.64. The number of rotatable bonds is 3. The van der Waals surface area contributed by atoms with Gasteiger partial charge in [0.1, 0.15) is 5.82 Å². The van der Waals surface area contributed by atoms with Crippen molar-refractivity contribution in [3.63, 3.8) is 0 Å². The van der Waals surface area contributed by atoms with Crippen LogP contribution in [0, 0.1) is 12.7 Å². The Kier molecular flexibility index (Phi) is 4.65. The molecule has 0 bridgehead atoms. The molecule has 2 nitrogen and oxygen atoms in total. The molecule has 1 heterocycles. The maximum atomic E-state index is 14.0. The average molecular weight is 268 g/mol. The molecule has 1 aliphatic rings. The molecular weight excluding hydrogens is 247 g/mol. The van der Waals surface area contributed by atoms with Gasteiger partial charge in [0.05, 0.1) is 6.04 Å². The number of halogens is 1. The zero-order valence-electron chi connectivity index (χ0n) is 11.0. The number of hydrogen-bond donors (Lipinski definition) is 1. The van der Waals surface area contributed by atoms with E-state index in [0.717, 1.165) is 29.2 Å². The summed E-state index contributed by atoms with van der Waals surface area (Å²) in [6, 6.07) is 5.75. The van der Waals surface area contributed by atoms with Gasteiger partial charge in [0, 0.05) is 36.2 Å². The van der Waals surface area contributed by atoms with Gasteiger partial charge in [-0.25, -0.2) is 4.39 Å². The van der Waals surface area contributed by atoms with Crippen LogP contribution in [0.1, 0.15) is 24.1 Å². The van der Waals surface area contributed by atoms with E-state index in [1.54, 1.807) is 6.07 Å². The van der Waals surface area contributed by atoms with E-state index >= 15 is 0 Å². The molecule has 0 spiro atoms. The van der Waals surface area contributed by atoms with Crippen LogP contribution in [0.5, 0.6) is 0 Å². The summed E-state index contributed by atoms with van der Waals surface area (Å²) in [5.74, 6) is 2.07. The van der Waals surface area contributed by atoms with E-state index in [0.29, 0.717) is 12.6 Å². The fourth-order valence-electron chi connectivity index (χ4n) is 2.56. The van der Waals surface area contributed by atoms with Gasteiger partial charge in [-0.15, -0.1) is 0 Å². The molecule has 2 N–H and O–H groups in total. The monoisotopic (exact) mass is 268 g/mol. The predicted molar refractivity (Wildman–Crippen MR) is 76.4 cm³/mol. The SMILES string of the molecule is Cc1ccc(F)c(C(CN)N2CCSCC2C)c1. The van der Waals surface area contributed by atoms with Gasteiger partial charge < -0.3 is 5.73 Å². The van der Waals surface area contributed by atoms with Crippen molar-refractivity contribution >= 4 is 11.8 Å². The number of nitrogens with zero attached hydrogens (tertiary/aromatic N) is 1. The summed E-state index contributed by atoms with van der Waals surface area (Å²) in [5.41, 5.74) is 7.74. The Labute approximate surface area is 113 Å². The lowest BCUT2D eigenvalue weighted by molar-refractivity contribution is 0.163. The van der Waals surface area contributed by atoms with Gasteiger partial charge in [-0.1, -0.05) is 17.7 Å². The minimum Gasteiger partial charge on any atom is -0.329 e. The minimum absolute atomic E-state index is 0.000741. The quantitative estimate of drug-likeness (QED) is 0.913. The first kappa shape index (κ1) is 13.8. The highest BCUT2D eigenvalue weighted by molar-refractivity contribution is 7.99. The Bertz CT molecular complexity index is 411. The van der Waals surface area contributed by atoms with Crippen LogP contribution in [0.4, 0.5) is 4.39 Å². The molecule has 0 aliphatic carbocycles. The van der Waals surface area contributed by atoms with Crippen LogP contribution < -0.4 is 5.73 Å². The van der Waals surface area contributed by atoms with Crippen LogP contribution >= 0.6 is 11.8 Å². The zero-order chi connectivity index (χ0) is 13.1. The second-order valence-electron chi connectivity index (χ2n) is 4.94. The van der Waals surface area contributed by atoms with Crippen LogP contribution in [0.25, 0.3) is 0 Å². The normalized spacial score (nSPS) is 23.0. The fraction of sp³-hybridized carbons (Fsp3) is 0.571. The van der Waals surface area contributed by atoms with Gasteiger partial charge in [0.15, 0.2) is 0 Å². The van der Waals surface area contributed by atoms with Crippen LogP contribution in [0.15, 0.2) is 18.2 Å². The highest BCUT2D eigenvalue weighted by Crippen LogP contribution is 2.29. The third kappa shape index (κ3) is 2.87. The van der Waals surface area contributed by atoms with Crippen molar-refractivity contribution < 1.29 is 4.39 Å². The molecule has 0 saturated carbocycles. The summed E-state index contributed by atoms with van der Waals surface area (Å²) in [4.78, 5) is 2.34. The van der Waals surface area contributed by atoms with Gasteiger partial charge in [-0.2, -0.15) is 11.8 Å². The maximum Gasteiger partial charge on any atom is 0.128 e. The standard InChI is InChI=1S/C14H21FN2S/c1-10-3-4-13(15)12(7-10)14(8-16)17-5-6-18-9-11(17)2/h3-4,7,11,14H,5-6,8-9,16H2,1-2H3. The highest BCUT2D eigenvalue weighted by atomic mass is 32.2. The lowest BCUT2D eigenvalue weighted by atomic mass is 10.0. The second kappa shape index (κ2) is 6.04. The maximum absolute atomic E-state index is 14.0. The van der Waals surface area contributed by atoms with Crippen molar-refractivity contribution in [2.45, 2.75) is 25.9 Å². The number of nitrogens with two attached hydrogens (primary N) is 1. The van der Waals surface area contributed by atoms with Gasteiger partial charge >= 0.3 is 0 Å². The third-order valence-electron chi connectivity index (χ3n) is 3.55. The van der Waals surface area contributed by atoms with Crippen molar-refractivity contribution in [3.05, 3.63) is 35.1 Å². The number of aryl methyl sites for hydroxylation is 1. The molecule has 4 heteroatoms. The molecule has 0 amide bonds. The number of benzene rings is 1. The van der Waals surface area contributed by atoms with E-state index in [1.807, 2.05) is 30.8 Å². The summed E-state index contributed by atoms with van der Waals surface area (Å²) < 4.78 is 14.0. The molecule has 18 heavy (non-hydrogen) atoms. The van der Waals surface area contributed by atoms with Gasteiger partial charge in [-0.3, -0.25) is 4.90 Å². The van der Waals surface area contributed by atoms with E-state index in [2.05, 4.69) is 11.8 Å². The molecule has 1 saturated heterocycles. The summed E-state index contributed by atoms with van der Waals surface area (Å²) in [6.07, 6.45) is 0. The van der Waals surface area contributed by atoms with Crippen LogP contribution in [-0.2, 0) is 0 Å². The number of thioether (sulfide) groups is 1. The molecule has 1 fully saturated rings. The van der Waals surface area contributed by atoms with Crippen LogP contribution in [-0.4, -0.2) is 35.5 Å². The second-order valence-corrected chi connectivity index (χ2v) is 6.09. The lowest BCUT2D eigenvalue weighted by Crippen LogP contribution is -2.45. The van der Waals surface area contributed by atoms with Gasteiger partial charge in [-0.05, 0) is 19.9 Å². The molecule has 1 aromatic carbocycles. The Morgan fingerprint density at radius 3 is 3.00 bits per heavy atom. The van der Waals surface area contributed by atoms with Gasteiger partial charge in [0.25, 0.3) is 0 Å². The molecule has 2 unspecified atom stereocenters. The summed E-state index contributed by atoms with van der Waals surface area (Å²) >= 11 is 1.96. The molecule has 0 radical (unpaired) electrons. The van der Waals surface area contributed by atoms with E-state index < -0.39 is 0 Å². The Morgan fingerprint density at radius 1 is 1.56 bits per heavy atom. The molecule has 1 aliphatic heterocycles. The molecule has 1 aromatic rings. The van der Waals surface area contributed by atoms with E-state index in [1.165, 1.54) is 0 Å². The number of hydrogen-bond acceptors (Lipinski definition) is 3. The summed E-state index contributed by atoms with van der Waals surface area (Å²) in [7, 11) is 0. The lowest BCUT2D eigenvalue weighted by Gasteiger charge is -2.39. The topological polar surface area (TPSA) is 29.3 Å². The molecule has 100 valence electrons. The van der Waals surface area contributed by atoms with Crippen molar-refractivity contribution in [3.8, 4) is 0 Å². The molecular formula is C14H21FN2S. The average Bonchev–Trinajstić information content (AvgIpc) is 2.36. The first-order chi connectivity index (χ1) is 8.63. The Balaban J connectivity index is 2.29. The van der Waals surface area contributed by atoms with Crippen LogP contribution in [0.3, 0.4) is 0 Å². The van der Waals surface area contributed by atoms with Crippen molar-refractivity contribution in [1.29, 1.82) is 0 Å². The smallest absolute Gasteiger partial charge is 0.128 e. The van der Waals surface area contributed by atoms with Crippen LogP contribution in [0.2, 0.25) is 0 Å². The van der Waals surface area contributed by atoms with E-state index in [-0.39, 0.29) is 11.9 Å². The van der Waals surface area contributed by atoms with Crippen molar-refractivity contribution in [2.24, 2.45) is 5.73 Å². The minimum atomic E-state index is -0.138. The van der Waals surface area contributed by atoms with Crippen molar-refractivity contribution in [1.82, 2.24) is 4.90 Å². The molecule has 2 rings (SSSR count). The zero-order valence-corrected chi connectivity index (χ0v) is 11.8. The summed E-state index contributed by atoms with van der Waals surface area (Å²) in [5, 5.41) is 0. The van der Waals surface area contributed by atoms with E-state index in [4.69, 9.17) is 5.73 Å². The molecule has 0 aromatic heterocycles. The largest absolute Gasteiger partial charge is 0.329 e. The van der Waals surface area contributed by atoms with E-state index in [9.17, 15) is 4.39 Å². The van der Waals surface area contributed by atoms with Crippen molar-refractivity contribution in [2.75, 3.05) is 24.6 Å². The first-order valence-electron chi connectivity index (χ1n) is 6.43. The Morgan fingerprint density at radius 2 is 2.33 bits per heavy atom. The predicted octanol–water partition coefficient (Wildman–Crippen LogP) is 2.57. The third-order valence-corrected chi connectivity index (χ3v) is 4.74. The molecule has 2 atom stereocenters. The Hall–Kier alpha value is -0.580. The highest BCUT2D eigenvalue weighted by Gasteiger charge is 2.28.